The lowest BCUT2D eigenvalue weighted by Crippen LogP contribution is -1.90. The SMILES string of the molecule is C.C.Cc1ccc2c(c1)Cc1cc(-c3cc(C)c(C)cc3C)ccc1-2. The first kappa shape index (κ1) is 19.0. The molecule has 1 aliphatic rings. The maximum absolute atomic E-state index is 2.39. The summed E-state index contributed by atoms with van der Waals surface area (Å²) >= 11 is 0. The van der Waals surface area contributed by atoms with Crippen molar-refractivity contribution in [1.29, 1.82) is 0 Å². The second-order valence-electron chi connectivity index (χ2n) is 6.96. The van der Waals surface area contributed by atoms with E-state index in [-0.39, 0.29) is 14.9 Å². The van der Waals surface area contributed by atoms with E-state index in [4.69, 9.17) is 0 Å². The number of hydrogen-bond donors (Lipinski definition) is 0. The average molecular weight is 331 g/mol. The van der Waals surface area contributed by atoms with Crippen molar-refractivity contribution in [3.05, 3.63) is 81.9 Å². The fourth-order valence-electron chi connectivity index (χ4n) is 3.78. The van der Waals surface area contributed by atoms with E-state index in [1.807, 2.05) is 0 Å². The summed E-state index contributed by atoms with van der Waals surface area (Å²) in [6.45, 7) is 8.78. The van der Waals surface area contributed by atoms with Crippen LogP contribution in [0.2, 0.25) is 0 Å². The Morgan fingerprint density at radius 2 is 1.16 bits per heavy atom. The Hall–Kier alpha value is -2.34. The van der Waals surface area contributed by atoms with Crippen molar-refractivity contribution in [3.8, 4) is 22.3 Å². The van der Waals surface area contributed by atoms with Crippen LogP contribution < -0.4 is 0 Å². The molecule has 0 N–H and O–H groups in total. The first-order chi connectivity index (χ1) is 11.0. The normalized spacial score (nSPS) is 11.2. The molecule has 0 radical (unpaired) electrons. The monoisotopic (exact) mass is 330 g/mol. The molecule has 0 atom stereocenters. The number of aryl methyl sites for hydroxylation is 4. The lowest BCUT2D eigenvalue weighted by Gasteiger charge is -2.12. The van der Waals surface area contributed by atoms with E-state index < -0.39 is 0 Å². The van der Waals surface area contributed by atoms with Gasteiger partial charge < -0.3 is 0 Å². The van der Waals surface area contributed by atoms with E-state index >= 15 is 0 Å². The van der Waals surface area contributed by atoms with Crippen LogP contribution in [0.1, 0.15) is 48.2 Å². The lowest BCUT2D eigenvalue weighted by atomic mass is 9.93. The Balaban J connectivity index is 0.00000113. The second-order valence-corrected chi connectivity index (χ2v) is 6.96. The summed E-state index contributed by atoms with van der Waals surface area (Å²) in [5.41, 5.74) is 13.9. The van der Waals surface area contributed by atoms with Gasteiger partial charge in [0.05, 0.1) is 0 Å². The molecule has 0 heterocycles. The van der Waals surface area contributed by atoms with E-state index in [0.29, 0.717) is 0 Å². The molecule has 3 aromatic rings. The van der Waals surface area contributed by atoms with Crippen molar-refractivity contribution in [2.45, 2.75) is 49.0 Å². The molecule has 0 aromatic heterocycles. The molecule has 3 aromatic carbocycles. The van der Waals surface area contributed by atoms with Gasteiger partial charge in [-0.3, -0.25) is 0 Å². The van der Waals surface area contributed by atoms with Gasteiger partial charge in [-0.2, -0.15) is 0 Å². The van der Waals surface area contributed by atoms with Crippen molar-refractivity contribution < 1.29 is 0 Å². The van der Waals surface area contributed by atoms with E-state index in [2.05, 4.69) is 76.2 Å². The highest BCUT2D eigenvalue weighted by molar-refractivity contribution is 5.81. The predicted octanol–water partition coefficient (Wildman–Crippen LogP) is 7.43. The third-order valence-corrected chi connectivity index (χ3v) is 5.19. The minimum atomic E-state index is 0. The first-order valence-corrected chi connectivity index (χ1v) is 8.34. The summed E-state index contributed by atoms with van der Waals surface area (Å²) in [5.74, 6) is 0. The quantitative estimate of drug-likeness (QED) is 0.340. The smallest absolute Gasteiger partial charge is 0.00131 e. The van der Waals surface area contributed by atoms with Gasteiger partial charge in [-0.05, 0) is 84.2 Å². The van der Waals surface area contributed by atoms with Crippen molar-refractivity contribution in [2.24, 2.45) is 0 Å². The van der Waals surface area contributed by atoms with E-state index in [1.165, 1.54) is 55.6 Å². The van der Waals surface area contributed by atoms with Gasteiger partial charge in [0, 0.05) is 0 Å². The number of rotatable bonds is 1. The fourth-order valence-corrected chi connectivity index (χ4v) is 3.78. The third kappa shape index (κ3) is 3.14. The molecule has 0 aliphatic heterocycles. The zero-order chi connectivity index (χ0) is 16.1. The molecule has 0 fully saturated rings. The Morgan fingerprint density at radius 1 is 0.560 bits per heavy atom. The summed E-state index contributed by atoms with van der Waals surface area (Å²) in [6.07, 6.45) is 1.06. The molecule has 130 valence electrons. The number of fused-ring (bicyclic) bond motifs is 3. The topological polar surface area (TPSA) is 0 Å². The second kappa shape index (κ2) is 6.88. The van der Waals surface area contributed by atoms with Gasteiger partial charge in [0.1, 0.15) is 0 Å². The van der Waals surface area contributed by atoms with Crippen LogP contribution in [0.25, 0.3) is 22.3 Å². The zero-order valence-corrected chi connectivity index (χ0v) is 14.3. The van der Waals surface area contributed by atoms with E-state index in [0.717, 1.165) is 6.42 Å². The van der Waals surface area contributed by atoms with Gasteiger partial charge >= 0.3 is 0 Å². The van der Waals surface area contributed by atoms with Crippen LogP contribution in [-0.2, 0) is 6.42 Å². The van der Waals surface area contributed by atoms with Gasteiger partial charge in [0.2, 0.25) is 0 Å². The third-order valence-electron chi connectivity index (χ3n) is 5.19. The molecular formula is C25H30. The highest BCUT2D eigenvalue weighted by atomic mass is 14.2. The summed E-state index contributed by atoms with van der Waals surface area (Å²) in [5, 5.41) is 0. The van der Waals surface area contributed by atoms with Gasteiger partial charge in [-0.15, -0.1) is 0 Å². The van der Waals surface area contributed by atoms with Gasteiger partial charge in [0.25, 0.3) is 0 Å². The lowest BCUT2D eigenvalue weighted by molar-refractivity contribution is 1.24. The zero-order valence-electron chi connectivity index (χ0n) is 14.3. The van der Waals surface area contributed by atoms with Crippen LogP contribution in [0.3, 0.4) is 0 Å². The molecular weight excluding hydrogens is 300 g/mol. The van der Waals surface area contributed by atoms with Crippen molar-refractivity contribution in [2.75, 3.05) is 0 Å². The molecule has 1 aliphatic carbocycles. The summed E-state index contributed by atoms with van der Waals surface area (Å²) in [4.78, 5) is 0. The van der Waals surface area contributed by atoms with Crippen LogP contribution in [-0.4, -0.2) is 0 Å². The van der Waals surface area contributed by atoms with Crippen LogP contribution in [0.15, 0.2) is 48.5 Å². The largest absolute Gasteiger partial charge is 0.0776 e. The Morgan fingerprint density at radius 3 is 1.88 bits per heavy atom. The van der Waals surface area contributed by atoms with Crippen LogP contribution in [0.5, 0.6) is 0 Å². The standard InChI is InChI=1S/C23H22.2CH4/c1-14-5-7-21-19(9-14)13-20-12-18(6-8-22(20)21)23-11-16(3)15(2)10-17(23)4;;/h5-12H,13H2,1-4H3;2*1H4. The van der Waals surface area contributed by atoms with Crippen LogP contribution >= 0.6 is 0 Å². The molecule has 0 spiro atoms. The minimum Gasteiger partial charge on any atom is -0.0776 e. The van der Waals surface area contributed by atoms with E-state index in [1.54, 1.807) is 0 Å². The minimum absolute atomic E-state index is 0. The molecule has 0 unspecified atom stereocenters. The molecule has 25 heavy (non-hydrogen) atoms. The van der Waals surface area contributed by atoms with Gasteiger partial charge in [0.15, 0.2) is 0 Å². The molecule has 0 saturated heterocycles. The average Bonchev–Trinajstić information content (AvgIpc) is 2.87. The van der Waals surface area contributed by atoms with Crippen molar-refractivity contribution >= 4 is 0 Å². The maximum atomic E-state index is 2.39. The predicted molar refractivity (Wildman–Crippen MR) is 113 cm³/mol. The molecule has 0 amide bonds. The van der Waals surface area contributed by atoms with Crippen LogP contribution in [0, 0.1) is 27.7 Å². The molecule has 0 saturated carbocycles. The Labute approximate surface area is 153 Å². The Bertz CT molecular complexity index is 929. The highest BCUT2D eigenvalue weighted by Crippen LogP contribution is 2.39. The summed E-state index contributed by atoms with van der Waals surface area (Å²) in [7, 11) is 0. The van der Waals surface area contributed by atoms with Crippen molar-refractivity contribution in [1.82, 2.24) is 0 Å². The molecule has 4 rings (SSSR count). The molecule has 0 heteroatoms. The molecule has 0 bridgehead atoms. The Kier molecular flexibility index (Phi) is 5.23. The maximum Gasteiger partial charge on any atom is -0.00131 e. The first-order valence-electron chi connectivity index (χ1n) is 8.34. The number of benzene rings is 3. The fraction of sp³-hybridized carbons (Fsp3) is 0.280. The number of hydrogen-bond acceptors (Lipinski definition) is 0. The van der Waals surface area contributed by atoms with Crippen LogP contribution in [0.4, 0.5) is 0 Å². The van der Waals surface area contributed by atoms with Crippen molar-refractivity contribution in [3.63, 3.8) is 0 Å². The van der Waals surface area contributed by atoms with Gasteiger partial charge in [-0.1, -0.05) is 68.9 Å². The highest BCUT2D eigenvalue weighted by Gasteiger charge is 2.19. The van der Waals surface area contributed by atoms with E-state index in [9.17, 15) is 0 Å². The summed E-state index contributed by atoms with van der Waals surface area (Å²) in [6, 6.07) is 18.4. The molecule has 0 nitrogen and oxygen atoms in total. The van der Waals surface area contributed by atoms with Gasteiger partial charge in [-0.25, -0.2) is 0 Å². The summed E-state index contributed by atoms with van der Waals surface area (Å²) < 4.78 is 0.